The van der Waals surface area contributed by atoms with Crippen molar-refractivity contribution in [2.75, 3.05) is 13.7 Å². The van der Waals surface area contributed by atoms with Gasteiger partial charge >= 0.3 is 5.69 Å². The number of H-pyrrole nitrogens is 1. The molecule has 212 valence electrons. The number of methoxy groups -OCH3 is 1. The van der Waals surface area contributed by atoms with E-state index in [1.807, 2.05) is 60.7 Å². The normalized spacial score (nSPS) is 13.6. The van der Waals surface area contributed by atoms with Crippen LogP contribution in [-0.4, -0.2) is 53.2 Å². The first-order valence-electron chi connectivity index (χ1n) is 12.8. The van der Waals surface area contributed by atoms with E-state index in [0.717, 1.165) is 4.57 Å². The lowest BCUT2D eigenvalue weighted by Crippen LogP contribution is -2.46. The monoisotopic (exact) mass is 558 g/mol. The van der Waals surface area contributed by atoms with Crippen molar-refractivity contribution in [2.45, 2.75) is 31.0 Å². The molecule has 10 heteroatoms. The summed E-state index contributed by atoms with van der Waals surface area (Å²) >= 11 is 0. The van der Waals surface area contributed by atoms with Gasteiger partial charge < -0.3 is 28.9 Å². The quantitative estimate of drug-likeness (QED) is 0.189. The van der Waals surface area contributed by atoms with Crippen LogP contribution in [0.1, 0.15) is 28.5 Å². The Morgan fingerprint density at radius 1 is 0.878 bits per heavy atom. The maximum atomic E-state index is 12.9. The number of benzene rings is 3. The fourth-order valence-electron chi connectivity index (χ4n) is 4.61. The number of hydrogen-bond donors (Lipinski definition) is 2. The lowest BCUT2D eigenvalue weighted by Gasteiger charge is -2.40. The summed E-state index contributed by atoms with van der Waals surface area (Å²) in [6.45, 7) is 0.755. The van der Waals surface area contributed by atoms with Crippen LogP contribution in [0.4, 0.5) is 0 Å². The Kier molecular flexibility index (Phi) is 9.41. The largest absolute Gasteiger partial charge is 0.497 e. The summed E-state index contributed by atoms with van der Waals surface area (Å²) in [7, 11) is 1.55. The van der Waals surface area contributed by atoms with Gasteiger partial charge in [0, 0.05) is 11.8 Å². The van der Waals surface area contributed by atoms with E-state index in [4.69, 9.17) is 14.2 Å². The zero-order chi connectivity index (χ0) is 29.4. The Morgan fingerprint density at radius 2 is 1.44 bits per heavy atom. The molecule has 0 unspecified atom stereocenters. The molecule has 3 aromatic carbocycles. The zero-order valence-electron chi connectivity index (χ0n) is 22.5. The fourth-order valence-corrected chi connectivity index (χ4v) is 4.61. The Labute approximate surface area is 235 Å². The molecule has 4 aromatic rings. The predicted molar refractivity (Wildman–Crippen MR) is 150 cm³/mol. The van der Waals surface area contributed by atoms with E-state index >= 15 is 0 Å². The van der Waals surface area contributed by atoms with Gasteiger partial charge in [-0.3, -0.25) is 14.3 Å². The number of hydrogen-bond acceptors (Lipinski definition) is 8. The van der Waals surface area contributed by atoms with Crippen LogP contribution >= 0.6 is 0 Å². The van der Waals surface area contributed by atoms with Crippen molar-refractivity contribution in [1.29, 1.82) is 0 Å². The first-order valence-corrected chi connectivity index (χ1v) is 12.8. The van der Waals surface area contributed by atoms with Crippen LogP contribution in [0.3, 0.4) is 0 Å². The van der Waals surface area contributed by atoms with Gasteiger partial charge in [0.15, 0.2) is 24.9 Å². The molecule has 0 aliphatic carbocycles. The van der Waals surface area contributed by atoms with Gasteiger partial charge in [-0.25, -0.2) is 4.79 Å². The SMILES string of the molecule is COc1ccc(C(O[C@H](C=O)[C@@H](O[C@@H](C=O)CO)n2cc(C)c(=O)[nH]c2=O)(c2ccccc2)c2ccccc2)cc1. The van der Waals surface area contributed by atoms with E-state index in [2.05, 4.69) is 4.98 Å². The molecule has 0 bridgehead atoms. The van der Waals surface area contributed by atoms with E-state index in [9.17, 15) is 24.3 Å². The molecule has 0 spiro atoms. The van der Waals surface area contributed by atoms with Crippen LogP contribution in [0.2, 0.25) is 0 Å². The van der Waals surface area contributed by atoms with Crippen LogP contribution in [0.25, 0.3) is 0 Å². The van der Waals surface area contributed by atoms with Gasteiger partial charge in [-0.1, -0.05) is 72.8 Å². The van der Waals surface area contributed by atoms with E-state index in [0.29, 0.717) is 35.0 Å². The number of nitrogens with zero attached hydrogens (tertiary/aromatic N) is 1. The molecule has 4 rings (SSSR count). The molecule has 10 nitrogen and oxygen atoms in total. The van der Waals surface area contributed by atoms with Crippen molar-refractivity contribution < 1.29 is 28.9 Å². The molecule has 1 heterocycles. The fraction of sp³-hybridized carbons (Fsp3) is 0.226. The Bertz CT molecular complexity index is 1530. The van der Waals surface area contributed by atoms with Crippen LogP contribution in [0, 0.1) is 6.92 Å². The van der Waals surface area contributed by atoms with Gasteiger partial charge in [-0.15, -0.1) is 0 Å². The van der Waals surface area contributed by atoms with Crippen molar-refractivity contribution >= 4 is 12.6 Å². The number of aliphatic hydroxyl groups is 1. The number of aromatic nitrogens is 2. The third-order valence-electron chi connectivity index (χ3n) is 6.65. The summed E-state index contributed by atoms with van der Waals surface area (Å²) in [5, 5.41) is 9.72. The number of ether oxygens (including phenoxy) is 3. The number of carbonyl (C=O) groups excluding carboxylic acids is 2. The molecule has 2 N–H and O–H groups in total. The lowest BCUT2D eigenvalue weighted by molar-refractivity contribution is -0.176. The Hall–Kier alpha value is -4.64. The molecule has 41 heavy (non-hydrogen) atoms. The first-order chi connectivity index (χ1) is 19.9. The summed E-state index contributed by atoms with van der Waals surface area (Å²) in [6.07, 6.45) is -2.46. The molecule has 0 saturated heterocycles. The first kappa shape index (κ1) is 29.3. The average Bonchev–Trinajstić information content (AvgIpc) is 3.02. The summed E-state index contributed by atoms with van der Waals surface area (Å²) in [4.78, 5) is 51.7. The Morgan fingerprint density at radius 3 is 1.93 bits per heavy atom. The van der Waals surface area contributed by atoms with E-state index < -0.39 is 41.9 Å². The highest BCUT2D eigenvalue weighted by molar-refractivity contribution is 5.59. The molecule has 0 saturated carbocycles. The molecular weight excluding hydrogens is 528 g/mol. The topological polar surface area (TPSA) is 137 Å². The lowest BCUT2D eigenvalue weighted by atomic mass is 9.79. The maximum Gasteiger partial charge on any atom is 0.330 e. The van der Waals surface area contributed by atoms with Gasteiger partial charge in [0.25, 0.3) is 5.56 Å². The Balaban J connectivity index is 1.99. The number of aliphatic hydroxyl groups excluding tert-OH is 1. The van der Waals surface area contributed by atoms with Crippen molar-refractivity contribution in [2.24, 2.45) is 0 Å². The highest BCUT2D eigenvalue weighted by Gasteiger charge is 2.43. The average molecular weight is 559 g/mol. The highest BCUT2D eigenvalue weighted by atomic mass is 16.6. The molecule has 0 fully saturated rings. The summed E-state index contributed by atoms with van der Waals surface area (Å²) < 4.78 is 18.9. The van der Waals surface area contributed by atoms with Crippen LogP contribution < -0.4 is 16.0 Å². The van der Waals surface area contributed by atoms with Crippen molar-refractivity contribution in [3.05, 3.63) is 134 Å². The summed E-state index contributed by atoms with van der Waals surface area (Å²) in [5.74, 6) is 0.601. The zero-order valence-corrected chi connectivity index (χ0v) is 22.5. The minimum Gasteiger partial charge on any atom is -0.497 e. The van der Waals surface area contributed by atoms with Crippen molar-refractivity contribution in [3.63, 3.8) is 0 Å². The van der Waals surface area contributed by atoms with Crippen LogP contribution in [0.15, 0.2) is 101 Å². The van der Waals surface area contributed by atoms with Gasteiger partial charge in [-0.2, -0.15) is 0 Å². The molecule has 0 radical (unpaired) electrons. The van der Waals surface area contributed by atoms with E-state index in [-0.39, 0.29) is 5.56 Å². The standard InChI is InChI=1S/C31H30N2O8/c1-21-17-33(30(38)32-28(21)37)29(40-26(18-34)19-35)27(20-36)41-31(22-9-5-3-6-10-22,23-11-7-4-8-12-23)24-13-15-25(39-2)16-14-24/h3-18,20,26-27,29,35H,19H2,1-2H3,(H,32,37,38)/t26-,27+,29+/m0/s1. The second-order valence-corrected chi connectivity index (χ2v) is 9.22. The van der Waals surface area contributed by atoms with E-state index in [1.165, 1.54) is 13.1 Å². The van der Waals surface area contributed by atoms with Gasteiger partial charge in [0.2, 0.25) is 0 Å². The molecule has 0 aliphatic heterocycles. The van der Waals surface area contributed by atoms with Crippen LogP contribution in [0.5, 0.6) is 5.75 Å². The maximum absolute atomic E-state index is 12.9. The summed E-state index contributed by atoms with van der Waals surface area (Å²) in [6, 6.07) is 25.5. The predicted octanol–water partition coefficient (Wildman–Crippen LogP) is 2.50. The van der Waals surface area contributed by atoms with Gasteiger partial charge in [0.1, 0.15) is 17.5 Å². The van der Waals surface area contributed by atoms with Gasteiger partial charge in [0.05, 0.1) is 13.7 Å². The van der Waals surface area contributed by atoms with Crippen molar-refractivity contribution in [1.82, 2.24) is 9.55 Å². The second-order valence-electron chi connectivity index (χ2n) is 9.22. The third-order valence-corrected chi connectivity index (χ3v) is 6.65. The molecule has 1 aromatic heterocycles. The summed E-state index contributed by atoms with van der Waals surface area (Å²) in [5.41, 5.74) is -0.856. The van der Waals surface area contributed by atoms with Gasteiger partial charge in [-0.05, 0) is 35.7 Å². The third kappa shape index (κ3) is 6.09. The van der Waals surface area contributed by atoms with Crippen LogP contribution in [-0.2, 0) is 24.7 Å². The number of aryl methyl sites for hydroxylation is 1. The molecule has 0 amide bonds. The number of carbonyl (C=O) groups is 2. The number of aldehydes is 2. The molecule has 3 atom stereocenters. The van der Waals surface area contributed by atoms with E-state index in [1.54, 1.807) is 31.4 Å². The molecule has 0 aliphatic rings. The highest BCUT2D eigenvalue weighted by Crippen LogP contribution is 2.43. The van der Waals surface area contributed by atoms with Crippen molar-refractivity contribution in [3.8, 4) is 5.75 Å². The number of nitrogens with one attached hydrogen (secondary N) is 1. The second kappa shape index (κ2) is 13.1. The number of rotatable bonds is 13. The molecular formula is C31H30N2O8. The minimum absolute atomic E-state index is 0.155. The minimum atomic E-state index is -1.55. The number of aromatic amines is 1. The smallest absolute Gasteiger partial charge is 0.330 e.